The van der Waals surface area contributed by atoms with Crippen LogP contribution < -0.4 is 5.32 Å². The molecule has 0 aromatic heterocycles. The zero-order valence-corrected chi connectivity index (χ0v) is 10.8. The van der Waals surface area contributed by atoms with Gasteiger partial charge in [0.25, 0.3) is 0 Å². The predicted octanol–water partition coefficient (Wildman–Crippen LogP) is 2.17. The Morgan fingerprint density at radius 1 is 1.18 bits per heavy atom. The van der Waals surface area contributed by atoms with Crippen LogP contribution in [0.15, 0.2) is 0 Å². The van der Waals surface area contributed by atoms with Gasteiger partial charge in [-0.15, -0.1) is 0 Å². The van der Waals surface area contributed by atoms with Crippen LogP contribution in [-0.4, -0.2) is 12.1 Å². The van der Waals surface area contributed by atoms with Gasteiger partial charge in [0.1, 0.15) is 0 Å². The van der Waals surface area contributed by atoms with Crippen LogP contribution in [-0.2, 0) is 32.7 Å². The zero-order chi connectivity index (χ0) is 7.56. The summed E-state index contributed by atoms with van der Waals surface area (Å²) < 4.78 is 0. The Morgan fingerprint density at radius 3 is 2.00 bits per heavy atom. The third-order valence-electron chi connectivity index (χ3n) is 2.68. The first-order valence-electron chi connectivity index (χ1n) is 4.62. The largest absolute Gasteiger partial charge is 0.311 e. The summed E-state index contributed by atoms with van der Waals surface area (Å²) in [6, 6.07) is 1.73. The van der Waals surface area contributed by atoms with E-state index in [1.165, 1.54) is 19.3 Å². The van der Waals surface area contributed by atoms with Gasteiger partial charge in [0.2, 0.25) is 0 Å². The number of rotatable bonds is 0. The van der Waals surface area contributed by atoms with Crippen molar-refractivity contribution in [2.45, 2.75) is 52.1 Å². The molecule has 11 heavy (non-hydrogen) atoms. The minimum atomic E-state index is 0. The third kappa shape index (κ3) is 2.79. The topological polar surface area (TPSA) is 12.0 Å². The Labute approximate surface area is 95.6 Å². The average molecular weight is 230 g/mol. The number of piperidine rings is 1. The molecule has 1 aliphatic heterocycles. The molecule has 2 rings (SSSR count). The van der Waals surface area contributed by atoms with E-state index in [0.717, 1.165) is 18.0 Å². The van der Waals surface area contributed by atoms with Gasteiger partial charge < -0.3 is 5.32 Å². The molecular formula is C9H19NY. The Kier molecular flexibility index (Phi) is 6.21. The van der Waals surface area contributed by atoms with Gasteiger partial charge in [-0.2, -0.15) is 0 Å². The van der Waals surface area contributed by atoms with Crippen molar-refractivity contribution >= 4 is 0 Å². The summed E-state index contributed by atoms with van der Waals surface area (Å²) in [7, 11) is 0. The Hall–Kier alpha value is 1.06. The first-order valence-corrected chi connectivity index (χ1v) is 4.62. The quantitative estimate of drug-likeness (QED) is 0.672. The number of fused-ring (bicyclic) bond motifs is 2. The molecule has 1 saturated carbocycles. The molecule has 0 spiro atoms. The maximum atomic E-state index is 3.55. The summed E-state index contributed by atoms with van der Waals surface area (Å²) in [5, 5.41) is 3.55. The van der Waals surface area contributed by atoms with E-state index in [4.69, 9.17) is 0 Å². The van der Waals surface area contributed by atoms with Crippen LogP contribution >= 0.6 is 0 Å². The molecule has 1 aliphatic carbocycles. The fourth-order valence-electron chi connectivity index (χ4n) is 2.13. The van der Waals surface area contributed by atoms with Gasteiger partial charge in [-0.25, -0.2) is 0 Å². The Balaban J connectivity index is 0.000000311. The molecule has 63 valence electrons. The van der Waals surface area contributed by atoms with Crippen molar-refractivity contribution < 1.29 is 32.7 Å². The van der Waals surface area contributed by atoms with E-state index >= 15 is 0 Å². The summed E-state index contributed by atoms with van der Waals surface area (Å²) >= 11 is 0. The fourth-order valence-corrected chi connectivity index (χ4v) is 2.13. The zero-order valence-electron chi connectivity index (χ0n) is 7.93. The SMILES string of the molecule is CC.CC1NC2CCC1C2.[Y]. The van der Waals surface area contributed by atoms with Crippen molar-refractivity contribution in [2.24, 2.45) is 5.92 Å². The van der Waals surface area contributed by atoms with Gasteiger partial charge >= 0.3 is 0 Å². The van der Waals surface area contributed by atoms with E-state index in [1.807, 2.05) is 13.8 Å². The van der Waals surface area contributed by atoms with E-state index in [-0.39, 0.29) is 32.7 Å². The second kappa shape index (κ2) is 5.67. The molecule has 0 amide bonds. The molecule has 1 heterocycles. The van der Waals surface area contributed by atoms with Crippen LogP contribution in [0.2, 0.25) is 0 Å². The molecule has 1 N–H and O–H groups in total. The fraction of sp³-hybridized carbons (Fsp3) is 1.00. The van der Waals surface area contributed by atoms with Gasteiger partial charge in [0.05, 0.1) is 0 Å². The molecule has 3 atom stereocenters. The Morgan fingerprint density at radius 2 is 1.82 bits per heavy atom. The van der Waals surface area contributed by atoms with Crippen LogP contribution in [0.3, 0.4) is 0 Å². The first kappa shape index (κ1) is 12.1. The summed E-state index contributed by atoms with van der Waals surface area (Å²) in [6.45, 7) is 6.31. The molecule has 0 aromatic carbocycles. The van der Waals surface area contributed by atoms with Crippen molar-refractivity contribution in [3.05, 3.63) is 0 Å². The van der Waals surface area contributed by atoms with Gasteiger partial charge in [0.15, 0.2) is 0 Å². The van der Waals surface area contributed by atoms with Crippen molar-refractivity contribution in [3.8, 4) is 0 Å². The van der Waals surface area contributed by atoms with E-state index in [1.54, 1.807) is 0 Å². The van der Waals surface area contributed by atoms with Crippen LogP contribution in [0.5, 0.6) is 0 Å². The molecule has 1 saturated heterocycles. The summed E-state index contributed by atoms with van der Waals surface area (Å²) in [5.74, 6) is 1.03. The minimum absolute atomic E-state index is 0. The van der Waals surface area contributed by atoms with E-state index < -0.39 is 0 Å². The summed E-state index contributed by atoms with van der Waals surface area (Å²) in [5.41, 5.74) is 0. The second-order valence-corrected chi connectivity index (χ2v) is 3.23. The van der Waals surface area contributed by atoms with E-state index in [0.29, 0.717) is 0 Å². The maximum absolute atomic E-state index is 3.55. The number of hydrogen-bond donors (Lipinski definition) is 1. The van der Waals surface area contributed by atoms with Gasteiger partial charge in [-0.05, 0) is 32.1 Å². The normalized spacial score (nSPS) is 39.0. The molecule has 0 aromatic rings. The standard InChI is InChI=1S/C7H13N.C2H6.Y/c1-5-6-2-3-7(4-6)8-5;1-2;/h5-8H,2-4H2,1H3;1-2H3;. The van der Waals surface area contributed by atoms with Crippen LogP contribution in [0, 0.1) is 5.92 Å². The van der Waals surface area contributed by atoms with Crippen molar-refractivity contribution in [1.29, 1.82) is 0 Å². The predicted molar refractivity (Wildman–Crippen MR) is 45.1 cm³/mol. The molecular weight excluding hydrogens is 211 g/mol. The van der Waals surface area contributed by atoms with Crippen molar-refractivity contribution in [2.75, 3.05) is 0 Å². The molecule has 1 radical (unpaired) electrons. The number of nitrogens with one attached hydrogen (secondary N) is 1. The van der Waals surface area contributed by atoms with E-state index in [9.17, 15) is 0 Å². The molecule has 2 bridgehead atoms. The minimum Gasteiger partial charge on any atom is -0.311 e. The van der Waals surface area contributed by atoms with Crippen molar-refractivity contribution in [1.82, 2.24) is 5.32 Å². The second-order valence-electron chi connectivity index (χ2n) is 3.23. The van der Waals surface area contributed by atoms with Gasteiger partial charge in [0, 0.05) is 44.8 Å². The summed E-state index contributed by atoms with van der Waals surface area (Å²) in [4.78, 5) is 0. The summed E-state index contributed by atoms with van der Waals surface area (Å²) in [6.07, 6.45) is 4.38. The maximum Gasteiger partial charge on any atom is 0.00729 e. The van der Waals surface area contributed by atoms with Gasteiger partial charge in [-0.1, -0.05) is 13.8 Å². The van der Waals surface area contributed by atoms with Crippen LogP contribution in [0.4, 0.5) is 0 Å². The third-order valence-corrected chi connectivity index (χ3v) is 2.68. The molecule has 3 unspecified atom stereocenters. The molecule has 2 fully saturated rings. The van der Waals surface area contributed by atoms with E-state index in [2.05, 4.69) is 12.2 Å². The van der Waals surface area contributed by atoms with Crippen molar-refractivity contribution in [3.63, 3.8) is 0 Å². The smallest absolute Gasteiger partial charge is 0.00729 e. The van der Waals surface area contributed by atoms with Gasteiger partial charge in [-0.3, -0.25) is 0 Å². The molecule has 1 nitrogen and oxygen atoms in total. The molecule has 2 aliphatic rings. The Bertz CT molecular complexity index is 104. The van der Waals surface area contributed by atoms with Crippen LogP contribution in [0.1, 0.15) is 40.0 Å². The monoisotopic (exact) mass is 230 g/mol. The molecule has 2 heteroatoms. The number of hydrogen-bond acceptors (Lipinski definition) is 1. The van der Waals surface area contributed by atoms with Crippen LogP contribution in [0.25, 0.3) is 0 Å². The average Bonchev–Trinajstić information content (AvgIpc) is 2.52. The first-order chi connectivity index (χ1) is 4.86.